The van der Waals surface area contributed by atoms with Gasteiger partial charge in [-0.3, -0.25) is 0 Å². The molecule has 12 heavy (non-hydrogen) atoms. The zero-order valence-corrected chi connectivity index (χ0v) is 6.78. The summed E-state index contributed by atoms with van der Waals surface area (Å²) in [5, 5.41) is 0. The van der Waals surface area contributed by atoms with E-state index in [0.717, 1.165) is 0 Å². The van der Waals surface area contributed by atoms with Gasteiger partial charge in [0.05, 0.1) is 13.6 Å². The van der Waals surface area contributed by atoms with Crippen molar-refractivity contribution >= 4 is 0 Å². The molecule has 0 amide bonds. The second-order valence-electron chi connectivity index (χ2n) is 2.44. The normalized spacial score (nSPS) is 10.2. The van der Waals surface area contributed by atoms with Gasteiger partial charge in [-0.1, -0.05) is 0 Å². The maximum atomic E-state index is 11.0. The Balaban J connectivity index is 3.24. The average Bonchev–Trinajstić information content (AvgIpc) is 2.01. The molecule has 66 valence electrons. The van der Waals surface area contributed by atoms with Gasteiger partial charge in [-0.25, -0.2) is 18.7 Å². The summed E-state index contributed by atoms with van der Waals surface area (Å²) >= 11 is 0. The van der Waals surface area contributed by atoms with Crippen LogP contribution in [0.4, 0.5) is 0 Å². The highest BCUT2D eigenvalue weighted by molar-refractivity contribution is 4.60. The highest BCUT2D eigenvalue weighted by atomic mass is 16.2. The fourth-order valence-electron chi connectivity index (χ4n) is 0.864. The van der Waals surface area contributed by atoms with Crippen molar-refractivity contribution in [3.05, 3.63) is 27.3 Å². The smallest absolute Gasteiger partial charge is 0.328 e. The van der Waals surface area contributed by atoms with E-state index in [-0.39, 0.29) is 0 Å². The van der Waals surface area contributed by atoms with Gasteiger partial charge in [-0.2, -0.15) is 4.98 Å². The lowest BCUT2D eigenvalue weighted by Gasteiger charge is -1.96. The first kappa shape index (κ1) is 8.66. The predicted octanol–water partition coefficient (Wildman–Crippen LogP) is -2.68. The Kier molecular flexibility index (Phi) is 2.39. The molecule has 0 aliphatic rings. The second kappa shape index (κ2) is 3.31. The lowest BCUT2D eigenvalue weighted by molar-refractivity contribution is -0.694. The third-order valence-electron chi connectivity index (χ3n) is 1.48. The molecule has 0 aliphatic carbocycles. The fraction of sp³-hybridized carbons (Fsp3) is 0.500. The third kappa shape index (κ3) is 1.59. The van der Waals surface area contributed by atoms with Crippen LogP contribution in [0, 0.1) is 0 Å². The van der Waals surface area contributed by atoms with Crippen LogP contribution in [0.1, 0.15) is 0 Å². The SMILES string of the molecule is C[n+]1cn(CCN)c(=O)[nH]c1=O. The number of nitrogens with one attached hydrogen (secondary N) is 1. The van der Waals surface area contributed by atoms with Crippen LogP contribution in [0.15, 0.2) is 15.9 Å². The maximum absolute atomic E-state index is 11.0. The van der Waals surface area contributed by atoms with E-state index in [4.69, 9.17) is 5.73 Å². The van der Waals surface area contributed by atoms with E-state index in [1.807, 2.05) is 0 Å². The minimum Gasteiger partial charge on any atom is -0.328 e. The molecule has 1 aromatic heterocycles. The predicted molar refractivity (Wildman–Crippen MR) is 41.6 cm³/mol. The van der Waals surface area contributed by atoms with E-state index in [9.17, 15) is 9.59 Å². The van der Waals surface area contributed by atoms with Crippen LogP contribution in [0.5, 0.6) is 0 Å². The van der Waals surface area contributed by atoms with Crippen molar-refractivity contribution < 1.29 is 4.57 Å². The Morgan fingerprint density at radius 3 is 2.92 bits per heavy atom. The van der Waals surface area contributed by atoms with Gasteiger partial charge in [0.2, 0.25) is 0 Å². The Labute approximate surface area is 68.3 Å². The van der Waals surface area contributed by atoms with Crippen molar-refractivity contribution in [2.75, 3.05) is 6.54 Å². The van der Waals surface area contributed by atoms with Gasteiger partial charge >= 0.3 is 11.4 Å². The molecule has 0 saturated carbocycles. The molecule has 1 heterocycles. The van der Waals surface area contributed by atoms with Crippen molar-refractivity contribution in [1.82, 2.24) is 9.55 Å². The number of rotatable bonds is 2. The fourth-order valence-corrected chi connectivity index (χ4v) is 0.864. The molecule has 0 atom stereocenters. The monoisotopic (exact) mass is 171 g/mol. The standard InChI is InChI=1S/C6H10N4O2/c1-9-4-10(3-2-7)6(12)8-5(9)11/h4H,2-3,7H2,1H3/p+1. The first-order valence-electron chi connectivity index (χ1n) is 3.54. The quantitative estimate of drug-likeness (QED) is 0.475. The van der Waals surface area contributed by atoms with E-state index in [1.165, 1.54) is 15.5 Å². The van der Waals surface area contributed by atoms with Crippen LogP contribution >= 0.6 is 0 Å². The number of hydrogen-bond donors (Lipinski definition) is 2. The summed E-state index contributed by atoms with van der Waals surface area (Å²) in [6, 6.07) is 0. The molecular weight excluding hydrogens is 160 g/mol. The first-order valence-corrected chi connectivity index (χ1v) is 3.54. The second-order valence-corrected chi connectivity index (χ2v) is 2.44. The lowest BCUT2D eigenvalue weighted by atomic mass is 10.6. The largest absolute Gasteiger partial charge is 0.445 e. The summed E-state index contributed by atoms with van der Waals surface area (Å²) < 4.78 is 2.64. The van der Waals surface area contributed by atoms with Crippen LogP contribution in [-0.4, -0.2) is 16.1 Å². The summed E-state index contributed by atoms with van der Waals surface area (Å²) in [5.41, 5.74) is 4.41. The third-order valence-corrected chi connectivity index (χ3v) is 1.48. The number of aromatic nitrogens is 3. The van der Waals surface area contributed by atoms with Crippen LogP contribution in [-0.2, 0) is 13.6 Å². The minimum absolute atomic E-state index is 0.367. The van der Waals surface area contributed by atoms with Gasteiger partial charge in [0.25, 0.3) is 0 Å². The molecule has 0 radical (unpaired) electrons. The molecule has 6 heteroatoms. The molecule has 6 nitrogen and oxygen atoms in total. The Hall–Kier alpha value is -1.43. The number of nitrogens with zero attached hydrogens (tertiary/aromatic N) is 2. The Morgan fingerprint density at radius 2 is 2.33 bits per heavy atom. The maximum Gasteiger partial charge on any atom is 0.445 e. The van der Waals surface area contributed by atoms with Crippen molar-refractivity contribution in [2.45, 2.75) is 6.54 Å². The van der Waals surface area contributed by atoms with E-state index in [2.05, 4.69) is 4.98 Å². The lowest BCUT2D eigenvalue weighted by Crippen LogP contribution is -2.53. The van der Waals surface area contributed by atoms with Crippen molar-refractivity contribution in [1.29, 1.82) is 0 Å². The van der Waals surface area contributed by atoms with Crippen LogP contribution < -0.4 is 21.7 Å². The van der Waals surface area contributed by atoms with Crippen LogP contribution in [0.2, 0.25) is 0 Å². The van der Waals surface area contributed by atoms with Gasteiger partial charge in [0.15, 0.2) is 6.33 Å². The van der Waals surface area contributed by atoms with E-state index in [1.54, 1.807) is 7.05 Å². The summed E-state index contributed by atoms with van der Waals surface area (Å²) in [5.74, 6) is 0. The van der Waals surface area contributed by atoms with Crippen LogP contribution in [0.25, 0.3) is 0 Å². The highest BCUT2D eigenvalue weighted by Gasteiger charge is 2.04. The molecule has 0 saturated heterocycles. The molecule has 0 bridgehead atoms. The summed E-state index contributed by atoms with van der Waals surface area (Å²) in [4.78, 5) is 24.0. The molecule has 1 rings (SSSR count). The highest BCUT2D eigenvalue weighted by Crippen LogP contribution is 1.66. The van der Waals surface area contributed by atoms with Crippen LogP contribution in [0.3, 0.4) is 0 Å². The topological polar surface area (TPSA) is 84.8 Å². The summed E-state index contributed by atoms with van der Waals surface area (Å²) in [6.07, 6.45) is 1.42. The van der Waals surface area contributed by atoms with Gasteiger partial charge in [-0.15, -0.1) is 0 Å². The summed E-state index contributed by atoms with van der Waals surface area (Å²) in [7, 11) is 1.56. The zero-order valence-electron chi connectivity index (χ0n) is 6.78. The Bertz CT molecular complexity index is 378. The number of aryl methyl sites for hydroxylation is 1. The van der Waals surface area contributed by atoms with E-state index >= 15 is 0 Å². The molecule has 0 spiro atoms. The number of hydrogen-bond acceptors (Lipinski definition) is 3. The van der Waals surface area contributed by atoms with Crippen molar-refractivity contribution in [2.24, 2.45) is 12.8 Å². The molecule has 1 aromatic rings. The van der Waals surface area contributed by atoms with Gasteiger partial charge < -0.3 is 5.73 Å². The zero-order chi connectivity index (χ0) is 9.14. The number of aromatic amines is 1. The molecular formula is C6H11N4O2+. The Morgan fingerprint density at radius 1 is 1.67 bits per heavy atom. The molecule has 0 aliphatic heterocycles. The summed E-state index contributed by atoms with van der Waals surface area (Å²) in [6.45, 7) is 0.773. The molecule has 0 fully saturated rings. The minimum atomic E-state index is -0.427. The van der Waals surface area contributed by atoms with E-state index < -0.39 is 11.4 Å². The van der Waals surface area contributed by atoms with Crippen molar-refractivity contribution in [3.63, 3.8) is 0 Å². The number of H-pyrrole nitrogens is 1. The van der Waals surface area contributed by atoms with Gasteiger partial charge in [-0.05, 0) is 0 Å². The van der Waals surface area contributed by atoms with Crippen molar-refractivity contribution in [3.8, 4) is 0 Å². The first-order chi connectivity index (χ1) is 5.65. The molecule has 0 unspecified atom stereocenters. The van der Waals surface area contributed by atoms with Gasteiger partial charge in [0, 0.05) is 6.54 Å². The average molecular weight is 171 g/mol. The number of nitrogens with two attached hydrogens (primary N) is 1. The molecule has 0 aromatic carbocycles. The van der Waals surface area contributed by atoms with E-state index in [0.29, 0.717) is 13.1 Å². The van der Waals surface area contributed by atoms with Gasteiger partial charge in [0.1, 0.15) is 0 Å². The molecule has 3 N–H and O–H groups in total.